The molecule has 1 atom stereocenters. The van der Waals surface area contributed by atoms with E-state index in [9.17, 15) is 4.79 Å². The minimum atomic E-state index is -0.208. The molecule has 1 heterocycles. The molecule has 0 unspecified atom stereocenters. The monoisotopic (exact) mass is 347 g/mol. The van der Waals surface area contributed by atoms with Gasteiger partial charge in [-0.15, -0.1) is 0 Å². The number of nitrogens with zero attached hydrogens (tertiary/aromatic N) is 3. The predicted molar refractivity (Wildman–Crippen MR) is 95.0 cm³/mol. The van der Waals surface area contributed by atoms with Crippen molar-refractivity contribution in [3.8, 4) is 0 Å². The van der Waals surface area contributed by atoms with Crippen molar-refractivity contribution in [3.63, 3.8) is 0 Å². The molecule has 0 aliphatic carbocycles. The second-order valence-corrected chi connectivity index (χ2v) is 6.15. The fourth-order valence-corrected chi connectivity index (χ4v) is 2.39. The molecule has 2 amide bonds. The molecule has 2 aromatic rings. The lowest BCUT2D eigenvalue weighted by Gasteiger charge is -2.23. The number of rotatable bonds is 7. The summed E-state index contributed by atoms with van der Waals surface area (Å²) in [7, 11) is 3.94. The molecule has 0 aliphatic heterocycles. The van der Waals surface area contributed by atoms with Crippen molar-refractivity contribution in [2.45, 2.75) is 12.5 Å². The van der Waals surface area contributed by atoms with E-state index in [1.54, 1.807) is 18.6 Å². The molecule has 0 bridgehead atoms. The van der Waals surface area contributed by atoms with Gasteiger partial charge in [-0.2, -0.15) is 0 Å². The maximum Gasteiger partial charge on any atom is 0.315 e. The fraction of sp³-hybridized carbons (Fsp3) is 0.353. The van der Waals surface area contributed by atoms with Crippen LogP contribution in [0.1, 0.15) is 17.3 Å². The van der Waals surface area contributed by atoms with E-state index in [1.165, 1.54) is 0 Å². The number of halogens is 1. The fourth-order valence-electron chi connectivity index (χ4n) is 2.27. The van der Waals surface area contributed by atoms with Crippen LogP contribution in [0, 0.1) is 0 Å². The number of hydrogen-bond acceptors (Lipinski definition) is 4. The lowest BCUT2D eigenvalue weighted by molar-refractivity contribution is 0.233. The minimum absolute atomic E-state index is 0.117. The summed E-state index contributed by atoms with van der Waals surface area (Å²) in [6.45, 7) is 1.19. The molecule has 0 fully saturated rings. The number of amides is 2. The number of aromatic nitrogens is 2. The van der Waals surface area contributed by atoms with E-state index in [1.807, 2.05) is 43.3 Å². The van der Waals surface area contributed by atoms with Crippen molar-refractivity contribution < 1.29 is 4.79 Å². The van der Waals surface area contributed by atoms with Gasteiger partial charge in [0.2, 0.25) is 0 Å². The Bertz CT molecular complexity index is 633. The Morgan fingerprint density at radius 1 is 1.25 bits per heavy atom. The van der Waals surface area contributed by atoms with Crippen LogP contribution in [0.2, 0.25) is 5.02 Å². The van der Waals surface area contributed by atoms with Crippen LogP contribution in [0.4, 0.5) is 4.79 Å². The lowest BCUT2D eigenvalue weighted by atomic mass is 10.1. The van der Waals surface area contributed by atoms with E-state index in [-0.39, 0.29) is 12.1 Å². The molecule has 0 saturated heterocycles. The van der Waals surface area contributed by atoms with Gasteiger partial charge in [0, 0.05) is 43.1 Å². The van der Waals surface area contributed by atoms with Crippen LogP contribution in [0.25, 0.3) is 0 Å². The Hall–Kier alpha value is -2.18. The van der Waals surface area contributed by atoms with Gasteiger partial charge in [0.15, 0.2) is 0 Å². The summed E-state index contributed by atoms with van der Waals surface area (Å²) in [4.78, 5) is 22.4. The molecule has 0 aliphatic rings. The Balaban J connectivity index is 1.88. The van der Waals surface area contributed by atoms with Gasteiger partial charge in [0.25, 0.3) is 0 Å². The molecule has 2 N–H and O–H groups in total. The SMILES string of the molecule is CN(C)C[C@H](NC(=O)NCCc1cnccn1)c1ccc(Cl)cc1. The zero-order chi connectivity index (χ0) is 17.4. The molecular formula is C17H22ClN5O. The largest absolute Gasteiger partial charge is 0.338 e. The smallest absolute Gasteiger partial charge is 0.315 e. The van der Waals surface area contributed by atoms with Gasteiger partial charge in [0.1, 0.15) is 0 Å². The molecule has 1 aromatic heterocycles. The number of urea groups is 1. The summed E-state index contributed by atoms with van der Waals surface area (Å²) in [5.74, 6) is 0. The first-order valence-corrected chi connectivity index (χ1v) is 8.12. The number of nitrogens with one attached hydrogen (secondary N) is 2. The Morgan fingerprint density at radius 2 is 2.00 bits per heavy atom. The van der Waals surface area contributed by atoms with Crippen molar-refractivity contribution in [1.82, 2.24) is 25.5 Å². The third-order valence-corrected chi connectivity index (χ3v) is 3.66. The van der Waals surface area contributed by atoms with Gasteiger partial charge >= 0.3 is 6.03 Å². The number of hydrogen-bond donors (Lipinski definition) is 2. The second kappa shape index (κ2) is 9.20. The van der Waals surface area contributed by atoms with Crippen LogP contribution >= 0.6 is 11.6 Å². The number of likely N-dealkylation sites (N-methyl/N-ethyl adjacent to an activating group) is 1. The molecule has 0 saturated carbocycles. The van der Waals surface area contributed by atoms with Crippen LogP contribution < -0.4 is 10.6 Å². The zero-order valence-corrected chi connectivity index (χ0v) is 14.6. The highest BCUT2D eigenvalue weighted by Crippen LogP contribution is 2.17. The van der Waals surface area contributed by atoms with Gasteiger partial charge in [0.05, 0.1) is 11.7 Å². The van der Waals surface area contributed by atoms with Crippen LogP contribution in [0.5, 0.6) is 0 Å². The van der Waals surface area contributed by atoms with Crippen LogP contribution in [-0.2, 0) is 6.42 Å². The van der Waals surface area contributed by atoms with Crippen molar-refractivity contribution >= 4 is 17.6 Å². The summed E-state index contributed by atoms with van der Waals surface area (Å²) in [6, 6.07) is 7.18. The second-order valence-electron chi connectivity index (χ2n) is 5.71. The highest BCUT2D eigenvalue weighted by atomic mass is 35.5. The van der Waals surface area contributed by atoms with Crippen molar-refractivity contribution in [2.75, 3.05) is 27.2 Å². The number of carbonyl (C=O) groups excluding carboxylic acids is 1. The Morgan fingerprint density at radius 3 is 2.62 bits per heavy atom. The quantitative estimate of drug-likeness (QED) is 0.806. The summed E-state index contributed by atoms with van der Waals surface area (Å²) in [5, 5.41) is 6.53. The van der Waals surface area contributed by atoms with E-state index in [0.717, 1.165) is 11.3 Å². The average Bonchev–Trinajstić information content (AvgIpc) is 2.55. The van der Waals surface area contributed by atoms with Crippen molar-refractivity contribution in [2.24, 2.45) is 0 Å². The number of carbonyl (C=O) groups is 1. The normalized spacial score (nSPS) is 12.0. The van der Waals surface area contributed by atoms with Gasteiger partial charge in [-0.25, -0.2) is 4.79 Å². The summed E-state index contributed by atoms with van der Waals surface area (Å²) in [6.07, 6.45) is 5.60. The van der Waals surface area contributed by atoms with Crippen LogP contribution in [-0.4, -0.2) is 48.1 Å². The molecule has 7 heteroatoms. The summed E-state index contributed by atoms with van der Waals surface area (Å²) < 4.78 is 0. The first kappa shape index (κ1) is 18.2. The third-order valence-electron chi connectivity index (χ3n) is 3.41. The van der Waals surface area contributed by atoms with Crippen molar-refractivity contribution in [1.29, 1.82) is 0 Å². The molecular weight excluding hydrogens is 326 g/mol. The Kier molecular flexibility index (Phi) is 6.96. The summed E-state index contributed by atoms with van der Waals surface area (Å²) in [5.41, 5.74) is 1.86. The van der Waals surface area contributed by atoms with Crippen LogP contribution in [0.3, 0.4) is 0 Å². The van der Waals surface area contributed by atoms with E-state index in [2.05, 4.69) is 20.6 Å². The highest BCUT2D eigenvalue weighted by molar-refractivity contribution is 6.30. The topological polar surface area (TPSA) is 70.2 Å². The molecule has 24 heavy (non-hydrogen) atoms. The molecule has 0 radical (unpaired) electrons. The highest BCUT2D eigenvalue weighted by Gasteiger charge is 2.15. The molecule has 6 nitrogen and oxygen atoms in total. The number of benzene rings is 1. The van der Waals surface area contributed by atoms with Crippen molar-refractivity contribution in [3.05, 3.63) is 59.1 Å². The van der Waals surface area contributed by atoms with Gasteiger partial charge in [-0.3, -0.25) is 9.97 Å². The lowest BCUT2D eigenvalue weighted by Crippen LogP contribution is -2.42. The van der Waals surface area contributed by atoms with E-state index in [4.69, 9.17) is 11.6 Å². The predicted octanol–water partition coefficient (Wildman–Crippen LogP) is 2.27. The zero-order valence-electron chi connectivity index (χ0n) is 13.9. The van der Waals surface area contributed by atoms with E-state index >= 15 is 0 Å². The average molecular weight is 348 g/mol. The first-order valence-electron chi connectivity index (χ1n) is 7.74. The Labute approximate surface area is 147 Å². The molecule has 2 rings (SSSR count). The van der Waals surface area contributed by atoms with E-state index in [0.29, 0.717) is 24.5 Å². The first-order chi connectivity index (χ1) is 11.5. The standard InChI is InChI=1S/C17H22ClN5O/c1-23(2)12-16(13-3-5-14(18)6-4-13)22-17(24)21-8-7-15-11-19-9-10-20-15/h3-6,9-11,16H,7-8,12H2,1-2H3,(H2,21,22,24)/t16-/m0/s1. The van der Waals surface area contributed by atoms with Gasteiger partial charge in [-0.05, 0) is 31.8 Å². The molecule has 0 spiro atoms. The van der Waals surface area contributed by atoms with E-state index < -0.39 is 0 Å². The summed E-state index contributed by atoms with van der Waals surface area (Å²) >= 11 is 5.93. The van der Waals surface area contributed by atoms with Gasteiger partial charge < -0.3 is 15.5 Å². The maximum atomic E-state index is 12.2. The minimum Gasteiger partial charge on any atom is -0.338 e. The van der Waals surface area contributed by atoms with Crippen LogP contribution in [0.15, 0.2) is 42.9 Å². The maximum absolute atomic E-state index is 12.2. The third kappa shape index (κ3) is 6.14. The van der Waals surface area contributed by atoms with Gasteiger partial charge in [-0.1, -0.05) is 23.7 Å². The molecule has 1 aromatic carbocycles. The molecule has 128 valence electrons.